The van der Waals surface area contributed by atoms with Gasteiger partial charge in [-0.25, -0.2) is 8.42 Å². The number of carbonyl (C=O) groups is 2. The van der Waals surface area contributed by atoms with Crippen LogP contribution in [0.3, 0.4) is 0 Å². The first-order valence-corrected chi connectivity index (χ1v) is 14.8. The summed E-state index contributed by atoms with van der Waals surface area (Å²) in [7, 11) is -0.388. The molecule has 3 aromatic carbocycles. The molecule has 0 aliphatic rings. The molecule has 3 aromatic rings. The largest absolute Gasteiger partial charge is 0.493 e. The van der Waals surface area contributed by atoms with Crippen LogP contribution in [-0.4, -0.2) is 53.8 Å². The lowest BCUT2D eigenvalue weighted by Gasteiger charge is -2.24. The van der Waals surface area contributed by atoms with Crippen LogP contribution in [-0.2, 0) is 21.2 Å². The highest BCUT2D eigenvalue weighted by molar-refractivity contribution is 7.92. The quantitative estimate of drug-likeness (QED) is 0.315. The molecule has 0 atom stereocenters. The molecule has 0 unspecified atom stereocenters. The summed E-state index contributed by atoms with van der Waals surface area (Å²) in [6.45, 7) is 4.31. The number of nitrogens with one attached hydrogen (secondary N) is 2. The molecular formula is C30H37N3O6S. The molecule has 3 rings (SSSR count). The maximum atomic E-state index is 12.9. The Balaban J connectivity index is 1.58. The Kier molecular flexibility index (Phi) is 10.6. The van der Waals surface area contributed by atoms with Gasteiger partial charge in [-0.1, -0.05) is 30.3 Å². The van der Waals surface area contributed by atoms with Gasteiger partial charge in [0.2, 0.25) is 15.9 Å². The summed E-state index contributed by atoms with van der Waals surface area (Å²) < 4.78 is 36.9. The molecule has 2 N–H and O–H groups in total. The van der Waals surface area contributed by atoms with Gasteiger partial charge in [0.05, 0.1) is 37.4 Å². The van der Waals surface area contributed by atoms with Gasteiger partial charge in [-0.05, 0) is 73.7 Å². The minimum Gasteiger partial charge on any atom is -0.493 e. The number of hydrogen-bond acceptors (Lipinski definition) is 6. The standard InChI is InChI=1S/C30H37N3O6S/c1-21-12-13-22(2)26(19-21)33(40(5,36)37)18-8-11-29(34)32-25-10-7-6-9-24(25)30(35)31-17-16-23-14-15-27(38-3)28(20-23)39-4/h6-7,9-10,12-15,19-20H,8,11,16-18H2,1-5H3,(H,31,35)(H,32,34). The van der Waals surface area contributed by atoms with E-state index in [0.29, 0.717) is 47.8 Å². The molecule has 10 heteroatoms. The number of ether oxygens (including phenoxy) is 2. The molecule has 0 radical (unpaired) electrons. The van der Waals surface area contributed by atoms with Crippen LogP contribution in [0, 0.1) is 13.8 Å². The van der Waals surface area contributed by atoms with Crippen LogP contribution in [0.25, 0.3) is 0 Å². The van der Waals surface area contributed by atoms with Crippen molar-refractivity contribution in [3.8, 4) is 11.5 Å². The van der Waals surface area contributed by atoms with Crippen molar-refractivity contribution < 1.29 is 27.5 Å². The lowest BCUT2D eigenvalue weighted by Crippen LogP contribution is -2.32. The molecule has 0 heterocycles. The predicted octanol–water partition coefficient (Wildman–Crippen LogP) is 4.48. The number of benzene rings is 3. The van der Waals surface area contributed by atoms with Crippen LogP contribution >= 0.6 is 0 Å². The van der Waals surface area contributed by atoms with Gasteiger partial charge in [-0.2, -0.15) is 0 Å². The van der Waals surface area contributed by atoms with Crippen LogP contribution in [0.15, 0.2) is 60.7 Å². The van der Waals surface area contributed by atoms with Gasteiger partial charge in [-0.3, -0.25) is 13.9 Å². The Morgan fingerprint density at radius 3 is 2.35 bits per heavy atom. The number of methoxy groups -OCH3 is 2. The van der Waals surface area contributed by atoms with Gasteiger partial charge < -0.3 is 20.1 Å². The van der Waals surface area contributed by atoms with Crippen molar-refractivity contribution >= 4 is 33.2 Å². The Hall–Kier alpha value is -4.05. The summed E-state index contributed by atoms with van der Waals surface area (Å²) in [6.07, 6.45) is 2.14. The number of aryl methyl sites for hydroxylation is 2. The summed E-state index contributed by atoms with van der Waals surface area (Å²) in [5.41, 5.74) is 4.11. The van der Waals surface area contributed by atoms with Gasteiger partial charge in [0.1, 0.15) is 0 Å². The van der Waals surface area contributed by atoms with Crippen molar-refractivity contribution in [2.24, 2.45) is 0 Å². The monoisotopic (exact) mass is 567 g/mol. The molecule has 2 amide bonds. The Labute approximate surface area is 236 Å². The fourth-order valence-electron chi connectivity index (χ4n) is 4.29. The zero-order chi connectivity index (χ0) is 29.3. The Morgan fingerprint density at radius 1 is 0.925 bits per heavy atom. The van der Waals surface area contributed by atoms with E-state index in [1.807, 2.05) is 50.2 Å². The van der Waals surface area contributed by atoms with E-state index >= 15 is 0 Å². The van der Waals surface area contributed by atoms with E-state index in [2.05, 4.69) is 10.6 Å². The highest BCUT2D eigenvalue weighted by Crippen LogP contribution is 2.28. The summed E-state index contributed by atoms with van der Waals surface area (Å²) in [6, 6.07) is 18.0. The van der Waals surface area contributed by atoms with Gasteiger partial charge in [0.15, 0.2) is 11.5 Å². The average Bonchev–Trinajstić information content (AvgIpc) is 2.92. The van der Waals surface area contributed by atoms with E-state index in [-0.39, 0.29) is 24.8 Å². The molecule has 40 heavy (non-hydrogen) atoms. The van der Waals surface area contributed by atoms with Crippen LogP contribution in [0.2, 0.25) is 0 Å². The van der Waals surface area contributed by atoms with Crippen LogP contribution < -0.4 is 24.4 Å². The van der Waals surface area contributed by atoms with Gasteiger partial charge in [0, 0.05) is 19.5 Å². The number of nitrogens with zero attached hydrogens (tertiary/aromatic N) is 1. The molecule has 0 fully saturated rings. The topological polar surface area (TPSA) is 114 Å². The first-order valence-electron chi connectivity index (χ1n) is 13.0. The average molecular weight is 568 g/mol. The molecule has 0 spiro atoms. The van der Waals surface area contributed by atoms with E-state index in [1.54, 1.807) is 38.5 Å². The van der Waals surface area contributed by atoms with Gasteiger partial charge in [-0.15, -0.1) is 0 Å². The van der Waals surface area contributed by atoms with E-state index in [9.17, 15) is 18.0 Å². The van der Waals surface area contributed by atoms with Crippen molar-refractivity contribution in [2.75, 3.05) is 43.2 Å². The molecule has 0 aliphatic heterocycles. The minimum atomic E-state index is -3.53. The van der Waals surface area contributed by atoms with Crippen LogP contribution in [0.4, 0.5) is 11.4 Å². The van der Waals surface area contributed by atoms with E-state index in [4.69, 9.17) is 9.47 Å². The molecule has 0 aliphatic carbocycles. The number of rotatable bonds is 13. The maximum absolute atomic E-state index is 12.9. The fraction of sp³-hybridized carbons (Fsp3) is 0.333. The molecular weight excluding hydrogens is 530 g/mol. The van der Waals surface area contributed by atoms with Crippen LogP contribution in [0.5, 0.6) is 11.5 Å². The number of carbonyl (C=O) groups excluding carboxylic acids is 2. The number of sulfonamides is 1. The first kappa shape index (κ1) is 30.5. The zero-order valence-corrected chi connectivity index (χ0v) is 24.4. The Bertz CT molecular complexity index is 1460. The lowest BCUT2D eigenvalue weighted by atomic mass is 10.1. The van der Waals surface area contributed by atoms with Crippen molar-refractivity contribution in [3.63, 3.8) is 0 Å². The third kappa shape index (κ3) is 8.22. The second-order valence-electron chi connectivity index (χ2n) is 9.52. The second kappa shape index (κ2) is 13.8. The third-order valence-electron chi connectivity index (χ3n) is 6.39. The fourth-order valence-corrected chi connectivity index (χ4v) is 5.31. The summed E-state index contributed by atoms with van der Waals surface area (Å²) in [5, 5.41) is 5.70. The summed E-state index contributed by atoms with van der Waals surface area (Å²) in [4.78, 5) is 25.7. The summed E-state index contributed by atoms with van der Waals surface area (Å²) >= 11 is 0. The SMILES string of the molecule is COc1ccc(CCNC(=O)c2ccccc2NC(=O)CCCN(c2cc(C)ccc2C)S(C)(=O)=O)cc1OC. The minimum absolute atomic E-state index is 0.0894. The Morgan fingerprint density at radius 2 is 1.65 bits per heavy atom. The number of amides is 2. The maximum Gasteiger partial charge on any atom is 0.253 e. The third-order valence-corrected chi connectivity index (χ3v) is 7.57. The summed E-state index contributed by atoms with van der Waals surface area (Å²) in [5.74, 6) is 0.636. The molecule has 0 bridgehead atoms. The van der Waals surface area contributed by atoms with E-state index < -0.39 is 10.0 Å². The van der Waals surface area contributed by atoms with Crippen molar-refractivity contribution in [3.05, 3.63) is 82.9 Å². The predicted molar refractivity (Wildman–Crippen MR) is 158 cm³/mol. The zero-order valence-electron chi connectivity index (χ0n) is 23.6. The van der Waals surface area contributed by atoms with Gasteiger partial charge in [0.25, 0.3) is 5.91 Å². The highest BCUT2D eigenvalue weighted by atomic mass is 32.2. The first-order chi connectivity index (χ1) is 19.0. The number of hydrogen-bond donors (Lipinski definition) is 2. The molecule has 0 saturated heterocycles. The smallest absolute Gasteiger partial charge is 0.253 e. The van der Waals surface area contributed by atoms with Crippen molar-refractivity contribution in [2.45, 2.75) is 33.1 Å². The van der Waals surface area contributed by atoms with Crippen LogP contribution in [0.1, 0.15) is 39.9 Å². The number of anilines is 2. The normalized spacial score (nSPS) is 11.0. The lowest BCUT2D eigenvalue weighted by molar-refractivity contribution is -0.116. The highest BCUT2D eigenvalue weighted by Gasteiger charge is 2.20. The van der Waals surface area contributed by atoms with Gasteiger partial charge >= 0.3 is 0 Å². The number of para-hydroxylation sites is 1. The molecule has 0 aromatic heterocycles. The van der Waals surface area contributed by atoms with Crippen molar-refractivity contribution in [1.29, 1.82) is 0 Å². The molecule has 9 nitrogen and oxygen atoms in total. The van der Waals surface area contributed by atoms with Crippen molar-refractivity contribution in [1.82, 2.24) is 5.32 Å². The second-order valence-corrected chi connectivity index (χ2v) is 11.4. The van der Waals surface area contributed by atoms with E-state index in [0.717, 1.165) is 22.9 Å². The molecule has 0 saturated carbocycles. The van der Waals surface area contributed by atoms with E-state index in [1.165, 1.54) is 4.31 Å². The molecule has 214 valence electrons.